The fourth-order valence-electron chi connectivity index (χ4n) is 4.29. The van der Waals surface area contributed by atoms with E-state index in [1.807, 2.05) is 18.1 Å². The average Bonchev–Trinajstić information content (AvgIpc) is 2.81. The molecule has 1 unspecified atom stereocenters. The van der Waals surface area contributed by atoms with Gasteiger partial charge in [-0.3, -0.25) is 9.69 Å². The Kier molecular flexibility index (Phi) is 9.85. The van der Waals surface area contributed by atoms with Crippen LogP contribution in [0.4, 0.5) is 0 Å². The van der Waals surface area contributed by atoms with Crippen molar-refractivity contribution in [3.63, 3.8) is 0 Å². The lowest BCUT2D eigenvalue weighted by Crippen LogP contribution is -2.51. The van der Waals surface area contributed by atoms with Gasteiger partial charge in [0.05, 0.1) is 18.1 Å². The highest BCUT2D eigenvalue weighted by Crippen LogP contribution is 2.23. The average molecular weight is 484 g/mol. The van der Waals surface area contributed by atoms with E-state index in [1.54, 1.807) is 36.0 Å². The summed E-state index contributed by atoms with van der Waals surface area (Å²) in [6.45, 7) is 8.08. The van der Waals surface area contributed by atoms with Crippen LogP contribution in [0.3, 0.4) is 0 Å². The van der Waals surface area contributed by atoms with E-state index in [1.165, 1.54) is 0 Å². The lowest BCUT2D eigenvalue weighted by molar-refractivity contribution is -0.134. The molecule has 0 bridgehead atoms. The highest BCUT2D eigenvalue weighted by Gasteiger charge is 2.31. The Morgan fingerprint density at radius 1 is 1.16 bits per heavy atom. The predicted octanol–water partition coefficient (Wildman–Crippen LogP) is 2.36. The van der Waals surface area contributed by atoms with E-state index in [9.17, 15) is 13.2 Å². The number of thioether (sulfide) groups is 1. The number of sulfonamides is 1. The van der Waals surface area contributed by atoms with E-state index >= 15 is 0 Å². The molecule has 0 radical (unpaired) electrons. The van der Waals surface area contributed by atoms with Crippen LogP contribution in [-0.4, -0.2) is 88.1 Å². The molecule has 2 heterocycles. The Labute approximate surface area is 197 Å². The van der Waals surface area contributed by atoms with Crippen LogP contribution in [0.2, 0.25) is 0 Å². The number of piperidine rings is 1. The largest absolute Gasteiger partial charge is 0.379 e. The summed E-state index contributed by atoms with van der Waals surface area (Å²) in [6.07, 6.45) is 5.57. The Morgan fingerprint density at radius 3 is 2.44 bits per heavy atom. The molecule has 2 saturated heterocycles. The quantitative estimate of drug-likeness (QED) is 0.550. The van der Waals surface area contributed by atoms with Gasteiger partial charge in [0.25, 0.3) is 0 Å². The van der Waals surface area contributed by atoms with E-state index in [4.69, 9.17) is 4.74 Å². The van der Waals surface area contributed by atoms with Crippen LogP contribution >= 0.6 is 11.8 Å². The highest BCUT2D eigenvalue weighted by atomic mass is 32.2. The summed E-state index contributed by atoms with van der Waals surface area (Å²) < 4.78 is 33.9. The number of carbonyl (C=O) groups excluding carboxylic acids is 1. The molecule has 2 aliphatic rings. The normalized spacial score (nSPS) is 19.8. The molecule has 3 rings (SSSR count). The molecular formula is C23H37N3O4S2. The zero-order chi connectivity index (χ0) is 23.0. The fourth-order valence-corrected chi connectivity index (χ4v) is 5.99. The minimum atomic E-state index is -3.74. The fraction of sp³-hybridized carbons (Fsp3) is 0.696. The van der Waals surface area contributed by atoms with Crippen LogP contribution in [-0.2, 0) is 19.6 Å². The first-order valence-corrected chi connectivity index (χ1v) is 14.4. The second-order valence-electron chi connectivity index (χ2n) is 8.78. The van der Waals surface area contributed by atoms with Crippen molar-refractivity contribution in [3.05, 3.63) is 29.8 Å². The van der Waals surface area contributed by atoms with E-state index in [0.717, 1.165) is 63.4 Å². The maximum Gasteiger partial charge on any atom is 0.241 e. The molecule has 1 aromatic rings. The van der Waals surface area contributed by atoms with Crippen molar-refractivity contribution >= 4 is 27.7 Å². The third-order valence-electron chi connectivity index (χ3n) is 6.42. The minimum absolute atomic E-state index is 0.0960. The first kappa shape index (κ1) is 25.5. The van der Waals surface area contributed by atoms with E-state index in [-0.39, 0.29) is 10.8 Å². The van der Waals surface area contributed by atoms with Gasteiger partial charge in [0.1, 0.15) is 6.04 Å². The summed E-state index contributed by atoms with van der Waals surface area (Å²) >= 11 is 1.62. The lowest BCUT2D eigenvalue weighted by Gasteiger charge is -2.35. The molecule has 0 saturated carbocycles. The first-order valence-electron chi connectivity index (χ1n) is 11.6. The van der Waals surface area contributed by atoms with Gasteiger partial charge in [-0.05, 0) is 69.2 Å². The molecule has 1 atom stereocenters. The van der Waals surface area contributed by atoms with Crippen LogP contribution in [0.5, 0.6) is 0 Å². The Morgan fingerprint density at radius 2 is 1.81 bits per heavy atom. The van der Waals surface area contributed by atoms with Crippen molar-refractivity contribution in [3.8, 4) is 0 Å². The number of nitrogens with zero attached hydrogens (tertiary/aromatic N) is 2. The van der Waals surface area contributed by atoms with Crippen LogP contribution in [0.1, 0.15) is 31.2 Å². The van der Waals surface area contributed by atoms with Crippen LogP contribution in [0.15, 0.2) is 29.2 Å². The van der Waals surface area contributed by atoms with Gasteiger partial charge >= 0.3 is 0 Å². The summed E-state index contributed by atoms with van der Waals surface area (Å²) in [5, 5.41) is 0. The molecular weight excluding hydrogens is 446 g/mol. The zero-order valence-corrected chi connectivity index (χ0v) is 20.9. The SMILES string of the molecule is CSCCC(NS(=O)(=O)c1ccc(C)cc1)C(=O)N1CCC(CCN2CCOCC2)CC1. The summed E-state index contributed by atoms with van der Waals surface area (Å²) in [4.78, 5) is 17.8. The molecule has 1 amide bonds. The number of ether oxygens (including phenoxy) is 1. The topological polar surface area (TPSA) is 79.0 Å². The van der Waals surface area contributed by atoms with Gasteiger partial charge < -0.3 is 9.64 Å². The number of amides is 1. The second-order valence-corrected chi connectivity index (χ2v) is 11.5. The third kappa shape index (κ3) is 7.45. The van der Waals surface area contributed by atoms with E-state index < -0.39 is 16.1 Å². The maximum atomic E-state index is 13.2. The molecule has 0 aromatic heterocycles. The second kappa shape index (κ2) is 12.4. The Balaban J connectivity index is 1.54. The van der Waals surface area contributed by atoms with Crippen molar-refractivity contribution in [2.45, 2.75) is 43.5 Å². The Hall–Kier alpha value is -1.13. The molecule has 2 fully saturated rings. The van der Waals surface area contributed by atoms with Crippen LogP contribution < -0.4 is 4.72 Å². The van der Waals surface area contributed by atoms with Gasteiger partial charge in [-0.15, -0.1) is 0 Å². The van der Waals surface area contributed by atoms with Gasteiger partial charge in [-0.1, -0.05) is 17.7 Å². The van der Waals surface area contributed by atoms with E-state index in [0.29, 0.717) is 25.4 Å². The molecule has 2 aliphatic heterocycles. The highest BCUT2D eigenvalue weighted by molar-refractivity contribution is 7.98. The molecule has 1 aromatic carbocycles. The van der Waals surface area contributed by atoms with Crippen molar-refractivity contribution in [1.82, 2.24) is 14.5 Å². The van der Waals surface area contributed by atoms with Gasteiger partial charge in [-0.25, -0.2) is 8.42 Å². The molecule has 9 heteroatoms. The first-order chi connectivity index (χ1) is 15.4. The predicted molar refractivity (Wildman–Crippen MR) is 129 cm³/mol. The molecule has 180 valence electrons. The summed E-state index contributed by atoms with van der Waals surface area (Å²) in [5.41, 5.74) is 0.996. The number of hydrogen-bond donors (Lipinski definition) is 1. The minimum Gasteiger partial charge on any atom is -0.379 e. The lowest BCUT2D eigenvalue weighted by atomic mass is 9.93. The molecule has 32 heavy (non-hydrogen) atoms. The number of nitrogens with one attached hydrogen (secondary N) is 1. The summed E-state index contributed by atoms with van der Waals surface area (Å²) in [6, 6.07) is 6.00. The van der Waals surface area contributed by atoms with Crippen LogP contribution in [0, 0.1) is 12.8 Å². The standard InChI is InChI=1S/C23H37N3O4S2/c1-19-3-5-21(6-4-19)32(28,29)24-22(10-18-31-2)23(27)26-12-8-20(9-13-26)7-11-25-14-16-30-17-15-25/h3-6,20,22,24H,7-18H2,1-2H3. The number of morpholine rings is 1. The van der Waals surface area contributed by atoms with Gasteiger partial charge in [0.15, 0.2) is 0 Å². The van der Waals surface area contributed by atoms with Gasteiger partial charge in [0, 0.05) is 26.2 Å². The summed E-state index contributed by atoms with van der Waals surface area (Å²) in [5.74, 6) is 1.25. The number of likely N-dealkylation sites (tertiary alicyclic amines) is 1. The van der Waals surface area contributed by atoms with Crippen molar-refractivity contribution in [2.75, 3.05) is 57.9 Å². The molecule has 0 spiro atoms. The summed E-state index contributed by atoms with van der Waals surface area (Å²) in [7, 11) is -3.74. The molecule has 1 N–H and O–H groups in total. The van der Waals surface area contributed by atoms with Crippen molar-refractivity contribution in [2.24, 2.45) is 5.92 Å². The van der Waals surface area contributed by atoms with Crippen molar-refractivity contribution in [1.29, 1.82) is 0 Å². The third-order valence-corrected chi connectivity index (χ3v) is 8.55. The van der Waals surface area contributed by atoms with E-state index in [2.05, 4.69) is 9.62 Å². The smallest absolute Gasteiger partial charge is 0.241 e. The van der Waals surface area contributed by atoms with Gasteiger partial charge in [-0.2, -0.15) is 16.5 Å². The number of carbonyl (C=O) groups is 1. The monoisotopic (exact) mass is 483 g/mol. The number of rotatable bonds is 10. The van der Waals surface area contributed by atoms with Crippen molar-refractivity contribution < 1.29 is 17.9 Å². The maximum absolute atomic E-state index is 13.2. The number of aryl methyl sites for hydroxylation is 1. The Bertz CT molecular complexity index is 818. The number of hydrogen-bond acceptors (Lipinski definition) is 6. The van der Waals surface area contributed by atoms with Gasteiger partial charge in [0.2, 0.25) is 15.9 Å². The molecule has 7 nitrogen and oxygen atoms in total. The van der Waals surface area contributed by atoms with Crippen LogP contribution in [0.25, 0.3) is 0 Å². The number of benzene rings is 1. The zero-order valence-electron chi connectivity index (χ0n) is 19.3. The molecule has 0 aliphatic carbocycles.